The molecule has 0 fully saturated rings. The zero-order valence-electron chi connectivity index (χ0n) is 13.9. The molecule has 0 aliphatic carbocycles. The Balaban J connectivity index is 1.73. The maximum atomic E-state index is 10.3. The molecule has 3 rings (SSSR count). The molecule has 0 aliphatic rings. The third-order valence-electron chi connectivity index (χ3n) is 3.91. The number of hydrogen-bond acceptors (Lipinski definition) is 4. The van der Waals surface area contributed by atoms with Gasteiger partial charge in [0.25, 0.3) is 0 Å². The molecular formula is C19H22N2O3. The lowest BCUT2D eigenvalue weighted by atomic mass is 10.2. The summed E-state index contributed by atoms with van der Waals surface area (Å²) in [7, 11) is 0. The number of aromatic nitrogens is 2. The second-order valence-electron chi connectivity index (χ2n) is 6.02. The van der Waals surface area contributed by atoms with Crippen LogP contribution in [0.15, 0.2) is 48.5 Å². The van der Waals surface area contributed by atoms with Crippen LogP contribution in [-0.4, -0.2) is 32.5 Å². The van der Waals surface area contributed by atoms with Crippen molar-refractivity contribution in [3.05, 3.63) is 59.9 Å². The van der Waals surface area contributed by atoms with Crippen molar-refractivity contribution in [1.82, 2.24) is 9.55 Å². The highest BCUT2D eigenvalue weighted by atomic mass is 16.5. The van der Waals surface area contributed by atoms with Gasteiger partial charge in [0.1, 0.15) is 30.4 Å². The highest BCUT2D eigenvalue weighted by Gasteiger charge is 2.17. The van der Waals surface area contributed by atoms with E-state index in [1.165, 1.54) is 0 Å². The highest BCUT2D eigenvalue weighted by Crippen LogP contribution is 2.21. The van der Waals surface area contributed by atoms with Gasteiger partial charge in [-0.1, -0.05) is 29.8 Å². The molecule has 2 N–H and O–H groups in total. The number of fused-ring (bicyclic) bond motifs is 1. The zero-order chi connectivity index (χ0) is 17.1. The SMILES string of the molecule is Cc1ccc(OC[C@@H](O)Cn2c([C@@H](C)O)nc3ccccc32)cc1. The van der Waals surface area contributed by atoms with E-state index in [1.807, 2.05) is 60.0 Å². The Hall–Kier alpha value is -2.37. The molecule has 0 saturated heterocycles. The van der Waals surface area contributed by atoms with E-state index in [-0.39, 0.29) is 6.61 Å². The fourth-order valence-electron chi connectivity index (χ4n) is 2.70. The third kappa shape index (κ3) is 3.58. The van der Waals surface area contributed by atoms with E-state index in [2.05, 4.69) is 4.98 Å². The van der Waals surface area contributed by atoms with E-state index in [0.29, 0.717) is 12.4 Å². The van der Waals surface area contributed by atoms with E-state index in [9.17, 15) is 10.2 Å². The maximum Gasteiger partial charge on any atom is 0.138 e. The molecular weight excluding hydrogens is 304 g/mol. The van der Waals surface area contributed by atoms with Gasteiger partial charge in [0.15, 0.2) is 0 Å². The number of para-hydroxylation sites is 2. The number of rotatable bonds is 6. The average Bonchev–Trinajstić information content (AvgIpc) is 2.93. The Morgan fingerprint density at radius 2 is 1.79 bits per heavy atom. The van der Waals surface area contributed by atoms with Crippen molar-refractivity contribution in [2.45, 2.75) is 32.6 Å². The Bertz CT molecular complexity index is 809. The van der Waals surface area contributed by atoms with Gasteiger partial charge in [-0.15, -0.1) is 0 Å². The lowest BCUT2D eigenvalue weighted by Crippen LogP contribution is -2.25. The van der Waals surface area contributed by atoms with Crippen LogP contribution in [0.1, 0.15) is 24.4 Å². The summed E-state index contributed by atoms with van der Waals surface area (Å²) >= 11 is 0. The Morgan fingerprint density at radius 3 is 2.50 bits per heavy atom. The highest BCUT2D eigenvalue weighted by molar-refractivity contribution is 5.76. The number of aryl methyl sites for hydroxylation is 1. The molecule has 0 aliphatic heterocycles. The van der Waals surface area contributed by atoms with Gasteiger partial charge in [-0.3, -0.25) is 0 Å². The van der Waals surface area contributed by atoms with Crippen LogP contribution in [0.4, 0.5) is 0 Å². The number of nitrogens with zero attached hydrogens (tertiary/aromatic N) is 2. The predicted molar refractivity (Wildman–Crippen MR) is 93.0 cm³/mol. The molecule has 5 heteroatoms. The number of hydrogen-bond donors (Lipinski definition) is 2. The normalized spacial score (nSPS) is 13.8. The summed E-state index contributed by atoms with van der Waals surface area (Å²) in [6, 6.07) is 15.4. The Morgan fingerprint density at radius 1 is 1.08 bits per heavy atom. The molecule has 0 amide bonds. The smallest absolute Gasteiger partial charge is 0.138 e. The van der Waals surface area contributed by atoms with Gasteiger partial charge in [-0.2, -0.15) is 0 Å². The average molecular weight is 326 g/mol. The molecule has 1 aromatic heterocycles. The second-order valence-corrected chi connectivity index (χ2v) is 6.02. The third-order valence-corrected chi connectivity index (χ3v) is 3.91. The molecule has 2 aromatic carbocycles. The van der Waals surface area contributed by atoms with Crippen LogP contribution in [0.3, 0.4) is 0 Å². The summed E-state index contributed by atoms with van der Waals surface area (Å²) in [5.41, 5.74) is 2.86. The van der Waals surface area contributed by atoms with Crippen molar-refractivity contribution >= 4 is 11.0 Å². The molecule has 1 heterocycles. The minimum Gasteiger partial charge on any atom is -0.491 e. The van der Waals surface area contributed by atoms with Crippen molar-refractivity contribution in [2.75, 3.05) is 6.61 Å². The van der Waals surface area contributed by atoms with E-state index < -0.39 is 12.2 Å². The Kier molecular flexibility index (Phi) is 4.83. The van der Waals surface area contributed by atoms with Gasteiger partial charge in [0.2, 0.25) is 0 Å². The molecule has 0 spiro atoms. The first-order valence-electron chi connectivity index (χ1n) is 8.05. The summed E-state index contributed by atoms with van der Waals surface area (Å²) in [6.07, 6.45) is -1.41. The maximum absolute atomic E-state index is 10.3. The van der Waals surface area contributed by atoms with E-state index in [4.69, 9.17) is 4.74 Å². The Labute approximate surface area is 141 Å². The fraction of sp³-hybridized carbons (Fsp3) is 0.316. The van der Waals surface area contributed by atoms with Crippen molar-refractivity contribution in [3.8, 4) is 5.75 Å². The van der Waals surface area contributed by atoms with Crippen LogP contribution in [0.5, 0.6) is 5.75 Å². The topological polar surface area (TPSA) is 67.5 Å². The molecule has 0 radical (unpaired) electrons. The minimum absolute atomic E-state index is 0.175. The molecule has 5 nitrogen and oxygen atoms in total. The van der Waals surface area contributed by atoms with E-state index >= 15 is 0 Å². The zero-order valence-corrected chi connectivity index (χ0v) is 13.9. The number of benzene rings is 2. The van der Waals surface area contributed by atoms with Crippen LogP contribution in [0.25, 0.3) is 11.0 Å². The van der Waals surface area contributed by atoms with Gasteiger partial charge < -0.3 is 19.5 Å². The van der Waals surface area contributed by atoms with E-state index in [0.717, 1.165) is 22.3 Å². The van der Waals surface area contributed by atoms with Crippen LogP contribution in [0.2, 0.25) is 0 Å². The van der Waals surface area contributed by atoms with Crippen LogP contribution in [-0.2, 0) is 6.54 Å². The predicted octanol–water partition coefficient (Wildman–Crippen LogP) is 2.84. The molecule has 0 unspecified atom stereocenters. The van der Waals surface area contributed by atoms with Crippen LogP contribution in [0, 0.1) is 6.92 Å². The van der Waals surface area contributed by atoms with Crippen molar-refractivity contribution in [2.24, 2.45) is 0 Å². The van der Waals surface area contributed by atoms with Crippen molar-refractivity contribution in [1.29, 1.82) is 0 Å². The fourth-order valence-corrected chi connectivity index (χ4v) is 2.70. The van der Waals surface area contributed by atoms with Crippen molar-refractivity contribution in [3.63, 3.8) is 0 Å². The van der Waals surface area contributed by atoms with E-state index in [1.54, 1.807) is 6.92 Å². The summed E-state index contributed by atoms with van der Waals surface area (Å²) in [5, 5.41) is 20.3. The van der Waals surface area contributed by atoms with Crippen LogP contribution >= 0.6 is 0 Å². The molecule has 2 atom stereocenters. The van der Waals surface area contributed by atoms with Gasteiger partial charge in [0.05, 0.1) is 17.6 Å². The van der Waals surface area contributed by atoms with Crippen molar-refractivity contribution < 1.29 is 14.9 Å². The number of ether oxygens (including phenoxy) is 1. The number of aliphatic hydroxyl groups excluding tert-OH is 2. The molecule has 3 aromatic rings. The van der Waals surface area contributed by atoms with Gasteiger partial charge in [0, 0.05) is 0 Å². The van der Waals surface area contributed by atoms with Crippen LogP contribution < -0.4 is 4.74 Å². The molecule has 126 valence electrons. The number of imidazole rings is 1. The first-order valence-corrected chi connectivity index (χ1v) is 8.05. The minimum atomic E-state index is -0.707. The van der Waals surface area contributed by atoms with Gasteiger partial charge >= 0.3 is 0 Å². The number of aliphatic hydroxyl groups is 2. The largest absolute Gasteiger partial charge is 0.491 e. The quantitative estimate of drug-likeness (QED) is 0.731. The summed E-state index contributed by atoms with van der Waals surface area (Å²) in [5.74, 6) is 1.27. The van der Waals surface area contributed by atoms with Gasteiger partial charge in [-0.25, -0.2) is 4.98 Å². The second kappa shape index (κ2) is 7.03. The standard InChI is InChI=1S/C19H22N2O3/c1-13-7-9-16(10-8-13)24-12-15(23)11-21-18-6-4-3-5-17(18)20-19(21)14(2)22/h3-10,14-15,22-23H,11-12H2,1-2H3/t14-,15+/m1/s1. The first kappa shape index (κ1) is 16.5. The monoisotopic (exact) mass is 326 g/mol. The summed E-state index contributed by atoms with van der Waals surface area (Å²) < 4.78 is 7.49. The lowest BCUT2D eigenvalue weighted by molar-refractivity contribution is 0.0895. The lowest BCUT2D eigenvalue weighted by Gasteiger charge is -2.16. The van der Waals surface area contributed by atoms with Gasteiger partial charge in [-0.05, 0) is 38.1 Å². The molecule has 24 heavy (non-hydrogen) atoms. The summed E-state index contributed by atoms with van der Waals surface area (Å²) in [4.78, 5) is 4.45. The molecule has 0 saturated carbocycles. The molecule has 0 bridgehead atoms. The first-order chi connectivity index (χ1) is 11.5. The summed E-state index contributed by atoms with van der Waals surface area (Å²) in [6.45, 7) is 4.18.